The quantitative estimate of drug-likeness (QED) is 0.750. The normalized spacial score (nSPS) is 15.8. The van der Waals surface area contributed by atoms with Gasteiger partial charge in [-0.15, -0.1) is 0 Å². The molecule has 0 aliphatic carbocycles. The van der Waals surface area contributed by atoms with E-state index in [1.807, 2.05) is 24.3 Å². The molecular formula is C21H16F2N2O3. The number of carbonyl (C=O) groups is 2. The van der Waals surface area contributed by atoms with Crippen molar-refractivity contribution in [1.82, 2.24) is 4.90 Å². The Morgan fingerprint density at radius 1 is 1.00 bits per heavy atom. The SMILES string of the molecule is O=C(Nc1ccc(F)c(F)c1)C1Cc2ccccc2CN1C(=O)c1ccco1. The Balaban J connectivity index is 1.64. The molecule has 2 heterocycles. The van der Waals surface area contributed by atoms with Crippen LogP contribution in [0.5, 0.6) is 0 Å². The molecule has 7 heteroatoms. The summed E-state index contributed by atoms with van der Waals surface area (Å²) in [5, 5.41) is 2.57. The maximum atomic E-state index is 13.5. The lowest BCUT2D eigenvalue weighted by molar-refractivity contribution is -0.121. The second-order valence-corrected chi connectivity index (χ2v) is 6.52. The number of rotatable bonds is 3. The number of hydrogen-bond donors (Lipinski definition) is 1. The molecule has 1 aliphatic heterocycles. The number of benzene rings is 2. The van der Waals surface area contributed by atoms with Crippen molar-refractivity contribution in [2.24, 2.45) is 0 Å². The van der Waals surface area contributed by atoms with Gasteiger partial charge in [0.25, 0.3) is 5.91 Å². The summed E-state index contributed by atoms with van der Waals surface area (Å²) in [6.45, 7) is 0.242. The van der Waals surface area contributed by atoms with Gasteiger partial charge in [-0.25, -0.2) is 8.78 Å². The summed E-state index contributed by atoms with van der Waals surface area (Å²) >= 11 is 0. The van der Waals surface area contributed by atoms with Crippen LogP contribution < -0.4 is 5.32 Å². The van der Waals surface area contributed by atoms with E-state index in [1.54, 1.807) is 6.07 Å². The summed E-state index contributed by atoms with van der Waals surface area (Å²) < 4.78 is 31.8. The monoisotopic (exact) mass is 382 g/mol. The van der Waals surface area contributed by atoms with Gasteiger partial charge in [-0.1, -0.05) is 24.3 Å². The summed E-state index contributed by atoms with van der Waals surface area (Å²) in [5.74, 6) is -2.83. The number of anilines is 1. The zero-order chi connectivity index (χ0) is 19.7. The Hall–Kier alpha value is -3.48. The van der Waals surface area contributed by atoms with Crippen LogP contribution in [-0.2, 0) is 17.8 Å². The average Bonchev–Trinajstić information content (AvgIpc) is 3.24. The van der Waals surface area contributed by atoms with E-state index >= 15 is 0 Å². The Morgan fingerprint density at radius 2 is 1.79 bits per heavy atom. The topological polar surface area (TPSA) is 62.6 Å². The predicted molar refractivity (Wildman–Crippen MR) is 97.5 cm³/mol. The first-order chi connectivity index (χ1) is 13.5. The molecule has 0 bridgehead atoms. The van der Waals surface area contributed by atoms with Gasteiger partial charge in [0.15, 0.2) is 17.4 Å². The highest BCUT2D eigenvalue weighted by molar-refractivity contribution is 6.00. The minimum absolute atomic E-state index is 0.119. The van der Waals surface area contributed by atoms with Gasteiger partial charge in [0.05, 0.1) is 6.26 Å². The second-order valence-electron chi connectivity index (χ2n) is 6.52. The van der Waals surface area contributed by atoms with E-state index in [1.165, 1.54) is 23.3 Å². The molecule has 0 fully saturated rings. The van der Waals surface area contributed by atoms with Crippen LogP contribution in [0.25, 0.3) is 0 Å². The Morgan fingerprint density at radius 3 is 2.50 bits per heavy atom. The number of furan rings is 1. The fraction of sp³-hybridized carbons (Fsp3) is 0.143. The number of fused-ring (bicyclic) bond motifs is 1. The molecule has 1 aromatic heterocycles. The van der Waals surface area contributed by atoms with Crippen LogP contribution in [0.3, 0.4) is 0 Å². The maximum Gasteiger partial charge on any atom is 0.290 e. The highest BCUT2D eigenvalue weighted by Gasteiger charge is 2.36. The first-order valence-corrected chi connectivity index (χ1v) is 8.70. The van der Waals surface area contributed by atoms with Crippen molar-refractivity contribution >= 4 is 17.5 Å². The summed E-state index contributed by atoms with van der Waals surface area (Å²) in [5.41, 5.74) is 2.02. The van der Waals surface area contributed by atoms with Crippen LogP contribution in [0.2, 0.25) is 0 Å². The standard InChI is InChI=1S/C21H16F2N2O3/c22-16-8-7-15(11-17(16)23)24-20(26)18-10-13-4-1-2-5-14(13)12-25(18)21(27)19-6-3-9-28-19/h1-9,11,18H,10,12H2,(H,24,26). The third kappa shape index (κ3) is 3.38. The molecule has 2 aromatic carbocycles. The van der Waals surface area contributed by atoms with Crippen LogP contribution in [0.15, 0.2) is 65.3 Å². The van der Waals surface area contributed by atoms with Crippen molar-refractivity contribution in [3.63, 3.8) is 0 Å². The molecule has 1 unspecified atom stereocenters. The van der Waals surface area contributed by atoms with Crippen molar-refractivity contribution in [3.05, 3.63) is 89.4 Å². The van der Waals surface area contributed by atoms with Gasteiger partial charge in [-0.05, 0) is 35.4 Å². The van der Waals surface area contributed by atoms with Crippen molar-refractivity contribution in [2.45, 2.75) is 19.0 Å². The summed E-state index contributed by atoms with van der Waals surface area (Å²) in [4.78, 5) is 27.2. The number of nitrogens with zero attached hydrogens (tertiary/aromatic N) is 1. The smallest absolute Gasteiger partial charge is 0.290 e. The van der Waals surface area contributed by atoms with Gasteiger partial charge < -0.3 is 14.6 Å². The van der Waals surface area contributed by atoms with E-state index in [-0.39, 0.29) is 18.0 Å². The number of halogens is 2. The molecule has 0 saturated heterocycles. The van der Waals surface area contributed by atoms with Crippen LogP contribution in [-0.4, -0.2) is 22.8 Å². The Kier molecular flexibility index (Phi) is 4.65. The van der Waals surface area contributed by atoms with E-state index < -0.39 is 29.5 Å². The number of amides is 2. The van der Waals surface area contributed by atoms with E-state index in [4.69, 9.17) is 4.42 Å². The lowest BCUT2D eigenvalue weighted by Crippen LogP contribution is -2.50. The largest absolute Gasteiger partial charge is 0.459 e. The van der Waals surface area contributed by atoms with Gasteiger partial charge in [0.1, 0.15) is 6.04 Å². The predicted octanol–water partition coefficient (Wildman–Crippen LogP) is 3.76. The number of nitrogens with one attached hydrogen (secondary N) is 1. The fourth-order valence-corrected chi connectivity index (χ4v) is 3.31. The summed E-state index contributed by atoms with van der Waals surface area (Å²) in [6, 6.07) is 13.0. The molecule has 28 heavy (non-hydrogen) atoms. The van der Waals surface area contributed by atoms with E-state index in [0.717, 1.165) is 23.3 Å². The Bertz CT molecular complexity index is 1030. The van der Waals surface area contributed by atoms with Gasteiger partial charge in [0, 0.05) is 24.7 Å². The molecule has 0 saturated carbocycles. The van der Waals surface area contributed by atoms with Gasteiger partial charge in [-0.2, -0.15) is 0 Å². The molecule has 0 spiro atoms. The van der Waals surface area contributed by atoms with Crippen molar-refractivity contribution < 1.29 is 22.8 Å². The lowest BCUT2D eigenvalue weighted by atomic mass is 9.93. The van der Waals surface area contributed by atoms with Gasteiger partial charge in [0.2, 0.25) is 5.91 Å². The van der Waals surface area contributed by atoms with Gasteiger partial charge >= 0.3 is 0 Å². The molecule has 4 rings (SSSR count). The average molecular weight is 382 g/mol. The van der Waals surface area contributed by atoms with E-state index in [9.17, 15) is 18.4 Å². The highest BCUT2D eigenvalue weighted by atomic mass is 19.2. The maximum absolute atomic E-state index is 13.5. The first kappa shape index (κ1) is 17.9. The number of hydrogen-bond acceptors (Lipinski definition) is 3. The second kappa shape index (κ2) is 7.26. The molecule has 1 aliphatic rings. The first-order valence-electron chi connectivity index (χ1n) is 8.70. The van der Waals surface area contributed by atoms with Crippen LogP contribution >= 0.6 is 0 Å². The third-order valence-electron chi connectivity index (χ3n) is 4.73. The molecule has 1 N–H and O–H groups in total. The summed E-state index contributed by atoms with van der Waals surface area (Å²) in [6.07, 6.45) is 1.69. The minimum atomic E-state index is -1.06. The molecule has 1 atom stereocenters. The number of carbonyl (C=O) groups excluding carboxylic acids is 2. The van der Waals surface area contributed by atoms with Crippen LogP contribution in [0, 0.1) is 11.6 Å². The van der Waals surface area contributed by atoms with E-state index in [0.29, 0.717) is 6.42 Å². The zero-order valence-electron chi connectivity index (χ0n) is 14.7. The van der Waals surface area contributed by atoms with Crippen LogP contribution in [0.1, 0.15) is 21.7 Å². The molecule has 2 amide bonds. The van der Waals surface area contributed by atoms with Gasteiger partial charge in [-0.3, -0.25) is 9.59 Å². The van der Waals surface area contributed by atoms with Crippen molar-refractivity contribution in [2.75, 3.05) is 5.32 Å². The van der Waals surface area contributed by atoms with Crippen LogP contribution in [0.4, 0.5) is 14.5 Å². The fourth-order valence-electron chi connectivity index (χ4n) is 3.31. The molecule has 3 aromatic rings. The minimum Gasteiger partial charge on any atom is -0.459 e. The Labute approximate surface area is 159 Å². The molecular weight excluding hydrogens is 366 g/mol. The third-order valence-corrected chi connectivity index (χ3v) is 4.73. The zero-order valence-corrected chi connectivity index (χ0v) is 14.7. The highest BCUT2D eigenvalue weighted by Crippen LogP contribution is 2.26. The molecule has 0 radical (unpaired) electrons. The molecule has 5 nitrogen and oxygen atoms in total. The van der Waals surface area contributed by atoms with E-state index in [2.05, 4.69) is 5.32 Å². The van der Waals surface area contributed by atoms with Crippen molar-refractivity contribution in [3.8, 4) is 0 Å². The lowest BCUT2D eigenvalue weighted by Gasteiger charge is -2.35. The molecule has 142 valence electrons. The summed E-state index contributed by atoms with van der Waals surface area (Å²) in [7, 11) is 0. The van der Waals surface area contributed by atoms with Crippen molar-refractivity contribution in [1.29, 1.82) is 0 Å².